The molecule has 2 nitrogen and oxygen atoms in total. The molecule has 0 amide bonds. The molecule has 2 aliphatic heterocycles. The van der Waals surface area contributed by atoms with Gasteiger partial charge in [0.1, 0.15) is 0 Å². The van der Waals surface area contributed by atoms with Gasteiger partial charge in [0.15, 0.2) is 0 Å². The van der Waals surface area contributed by atoms with E-state index in [-0.39, 0.29) is 0 Å². The molecular formula is C15H30N2. The van der Waals surface area contributed by atoms with E-state index in [0.29, 0.717) is 0 Å². The Bertz CT molecular complexity index is 201. The van der Waals surface area contributed by atoms with Crippen molar-refractivity contribution in [3.63, 3.8) is 0 Å². The van der Waals surface area contributed by atoms with E-state index in [4.69, 9.17) is 0 Å². The van der Waals surface area contributed by atoms with Gasteiger partial charge in [-0.3, -0.25) is 0 Å². The third kappa shape index (κ3) is 4.26. The van der Waals surface area contributed by atoms with Crippen LogP contribution in [0.5, 0.6) is 0 Å². The molecular weight excluding hydrogens is 208 g/mol. The van der Waals surface area contributed by atoms with Crippen LogP contribution >= 0.6 is 0 Å². The Morgan fingerprint density at radius 3 is 2.06 bits per heavy atom. The minimum Gasteiger partial charge on any atom is -0.306 e. The van der Waals surface area contributed by atoms with Crippen LogP contribution < -0.4 is 0 Å². The van der Waals surface area contributed by atoms with E-state index in [2.05, 4.69) is 23.8 Å². The smallest absolute Gasteiger partial charge is 0.00106 e. The first-order valence-electron chi connectivity index (χ1n) is 7.68. The number of hydrogen-bond donors (Lipinski definition) is 0. The molecule has 0 spiro atoms. The van der Waals surface area contributed by atoms with Gasteiger partial charge in [0.2, 0.25) is 0 Å². The molecule has 0 saturated carbocycles. The molecule has 0 aromatic rings. The highest BCUT2D eigenvalue weighted by Gasteiger charge is 2.23. The quantitative estimate of drug-likeness (QED) is 0.743. The van der Waals surface area contributed by atoms with E-state index in [1.165, 1.54) is 71.2 Å². The molecule has 2 fully saturated rings. The molecule has 0 bridgehead atoms. The van der Waals surface area contributed by atoms with Crippen molar-refractivity contribution in [3.05, 3.63) is 0 Å². The summed E-state index contributed by atoms with van der Waals surface area (Å²) >= 11 is 0. The van der Waals surface area contributed by atoms with Gasteiger partial charge in [-0.25, -0.2) is 0 Å². The average Bonchev–Trinajstić information content (AvgIpc) is 2.35. The second-order valence-corrected chi connectivity index (χ2v) is 6.28. The van der Waals surface area contributed by atoms with Gasteiger partial charge in [0.25, 0.3) is 0 Å². The van der Waals surface area contributed by atoms with Crippen LogP contribution in [0.2, 0.25) is 0 Å². The Labute approximate surface area is 107 Å². The predicted molar refractivity (Wildman–Crippen MR) is 74.3 cm³/mol. The van der Waals surface area contributed by atoms with Crippen LogP contribution in [0, 0.1) is 11.8 Å². The zero-order valence-corrected chi connectivity index (χ0v) is 11.8. The molecule has 0 unspecified atom stereocenters. The summed E-state index contributed by atoms with van der Waals surface area (Å²) in [6.07, 6.45) is 8.60. The van der Waals surface area contributed by atoms with Crippen LogP contribution in [0.4, 0.5) is 0 Å². The maximum Gasteiger partial charge on any atom is 0.00106 e. The molecule has 2 rings (SSSR count). The number of likely N-dealkylation sites (tertiary alicyclic amines) is 2. The average molecular weight is 238 g/mol. The summed E-state index contributed by atoms with van der Waals surface area (Å²) in [6.45, 7) is 9.08. The van der Waals surface area contributed by atoms with Crippen molar-refractivity contribution in [1.82, 2.24) is 9.80 Å². The Kier molecular flexibility index (Phi) is 5.30. The standard InChI is InChI=1S/C15H30N2/c1-3-4-14-7-11-17(12-8-14)13-15-5-9-16(2)10-6-15/h14-15H,3-13H2,1-2H3. The van der Waals surface area contributed by atoms with Crippen molar-refractivity contribution in [3.8, 4) is 0 Å². The van der Waals surface area contributed by atoms with Crippen molar-refractivity contribution < 1.29 is 0 Å². The van der Waals surface area contributed by atoms with Crippen LogP contribution in [0.15, 0.2) is 0 Å². The molecule has 2 saturated heterocycles. The normalized spacial score (nSPS) is 26.5. The van der Waals surface area contributed by atoms with Crippen LogP contribution in [0.1, 0.15) is 45.4 Å². The van der Waals surface area contributed by atoms with Crippen LogP contribution in [-0.4, -0.2) is 49.6 Å². The molecule has 0 aliphatic carbocycles. The summed E-state index contributed by atoms with van der Waals surface area (Å²) in [7, 11) is 2.26. The van der Waals surface area contributed by atoms with E-state index in [0.717, 1.165) is 11.8 Å². The second kappa shape index (κ2) is 6.75. The van der Waals surface area contributed by atoms with Gasteiger partial charge in [-0.2, -0.15) is 0 Å². The number of hydrogen-bond acceptors (Lipinski definition) is 2. The van der Waals surface area contributed by atoms with Gasteiger partial charge in [0, 0.05) is 6.54 Å². The van der Waals surface area contributed by atoms with Crippen LogP contribution in [0.3, 0.4) is 0 Å². The highest BCUT2D eigenvalue weighted by Crippen LogP contribution is 2.24. The summed E-state index contributed by atoms with van der Waals surface area (Å²) in [5.41, 5.74) is 0. The zero-order chi connectivity index (χ0) is 12.1. The van der Waals surface area contributed by atoms with Crippen molar-refractivity contribution in [2.75, 3.05) is 39.8 Å². The molecule has 0 aromatic heterocycles. The summed E-state index contributed by atoms with van der Waals surface area (Å²) in [5, 5.41) is 0. The largest absolute Gasteiger partial charge is 0.306 e. The molecule has 17 heavy (non-hydrogen) atoms. The maximum absolute atomic E-state index is 2.74. The van der Waals surface area contributed by atoms with Gasteiger partial charge in [0.05, 0.1) is 0 Å². The Hall–Kier alpha value is -0.0800. The highest BCUT2D eigenvalue weighted by atomic mass is 15.1. The maximum atomic E-state index is 2.74. The molecule has 100 valence electrons. The third-order valence-electron chi connectivity index (χ3n) is 4.76. The fourth-order valence-corrected chi connectivity index (χ4v) is 3.48. The summed E-state index contributed by atoms with van der Waals surface area (Å²) < 4.78 is 0. The van der Waals surface area contributed by atoms with Crippen LogP contribution in [0.25, 0.3) is 0 Å². The molecule has 0 radical (unpaired) electrons. The van der Waals surface area contributed by atoms with Gasteiger partial charge >= 0.3 is 0 Å². The lowest BCUT2D eigenvalue weighted by Gasteiger charge is -2.36. The van der Waals surface area contributed by atoms with E-state index in [9.17, 15) is 0 Å². The Balaban J connectivity index is 1.64. The SMILES string of the molecule is CCCC1CCN(CC2CCN(C)CC2)CC1. The fraction of sp³-hybridized carbons (Fsp3) is 1.00. The summed E-state index contributed by atoms with van der Waals surface area (Å²) in [6, 6.07) is 0. The minimum absolute atomic E-state index is 0.980. The predicted octanol–water partition coefficient (Wildman–Crippen LogP) is 2.84. The first-order chi connectivity index (χ1) is 8.28. The fourth-order valence-electron chi connectivity index (χ4n) is 3.48. The topological polar surface area (TPSA) is 6.48 Å². The van der Waals surface area contributed by atoms with Gasteiger partial charge in [-0.05, 0) is 70.7 Å². The lowest BCUT2D eigenvalue weighted by atomic mass is 9.90. The first kappa shape index (κ1) is 13.4. The molecule has 2 heteroatoms. The van der Waals surface area contributed by atoms with Crippen LogP contribution in [-0.2, 0) is 0 Å². The second-order valence-electron chi connectivity index (χ2n) is 6.28. The van der Waals surface area contributed by atoms with Gasteiger partial charge < -0.3 is 9.80 Å². The van der Waals surface area contributed by atoms with E-state index >= 15 is 0 Å². The lowest BCUT2D eigenvalue weighted by Crippen LogP contribution is -2.40. The van der Waals surface area contributed by atoms with Gasteiger partial charge in [-0.1, -0.05) is 19.8 Å². The van der Waals surface area contributed by atoms with Gasteiger partial charge in [-0.15, -0.1) is 0 Å². The number of nitrogens with zero attached hydrogens (tertiary/aromatic N) is 2. The molecule has 0 aromatic carbocycles. The van der Waals surface area contributed by atoms with Crippen molar-refractivity contribution in [1.29, 1.82) is 0 Å². The van der Waals surface area contributed by atoms with Crippen molar-refractivity contribution in [2.45, 2.75) is 45.4 Å². The highest BCUT2D eigenvalue weighted by molar-refractivity contribution is 4.77. The molecule has 0 atom stereocenters. The van der Waals surface area contributed by atoms with E-state index < -0.39 is 0 Å². The van der Waals surface area contributed by atoms with E-state index in [1.807, 2.05) is 0 Å². The first-order valence-corrected chi connectivity index (χ1v) is 7.68. The summed E-state index contributed by atoms with van der Waals surface area (Å²) in [5.74, 6) is 2.02. The Morgan fingerprint density at radius 1 is 0.882 bits per heavy atom. The lowest BCUT2D eigenvalue weighted by molar-refractivity contribution is 0.124. The Morgan fingerprint density at radius 2 is 1.47 bits per heavy atom. The van der Waals surface area contributed by atoms with E-state index in [1.54, 1.807) is 0 Å². The molecule has 2 aliphatic rings. The zero-order valence-electron chi connectivity index (χ0n) is 11.8. The molecule has 0 N–H and O–H groups in total. The van der Waals surface area contributed by atoms with Crippen molar-refractivity contribution >= 4 is 0 Å². The monoisotopic (exact) mass is 238 g/mol. The van der Waals surface area contributed by atoms with Crippen molar-refractivity contribution in [2.24, 2.45) is 11.8 Å². The molecule has 2 heterocycles. The summed E-state index contributed by atoms with van der Waals surface area (Å²) in [4.78, 5) is 5.21. The number of piperidine rings is 2. The number of rotatable bonds is 4. The third-order valence-corrected chi connectivity index (χ3v) is 4.76. The minimum atomic E-state index is 0.980.